The molecule has 0 saturated carbocycles. The molecule has 0 aliphatic heterocycles. The molecule has 1 rings (SSSR count). The maximum Gasteiger partial charge on any atom is 0.213 e. The third kappa shape index (κ3) is 2.68. The zero-order valence-corrected chi connectivity index (χ0v) is 7.13. The Bertz CT molecular complexity index is 352. The minimum absolute atomic E-state index is 0.406. The molecule has 0 radical (unpaired) electrons. The van der Waals surface area contributed by atoms with Crippen molar-refractivity contribution in [3.8, 4) is 6.07 Å². The highest BCUT2D eigenvalue weighted by molar-refractivity contribution is 5.62. The van der Waals surface area contributed by atoms with Crippen molar-refractivity contribution in [1.29, 1.82) is 5.26 Å². The van der Waals surface area contributed by atoms with Crippen molar-refractivity contribution in [3.63, 3.8) is 0 Å². The van der Waals surface area contributed by atoms with E-state index in [1.807, 2.05) is 6.07 Å². The number of nitrogens with zero attached hydrogens (tertiary/aromatic N) is 2. The molecule has 0 aromatic carbocycles. The van der Waals surface area contributed by atoms with Gasteiger partial charge in [-0.3, -0.25) is 0 Å². The second-order valence-electron chi connectivity index (χ2n) is 2.63. The number of halogens is 1. The summed E-state index contributed by atoms with van der Waals surface area (Å²) >= 11 is 0. The van der Waals surface area contributed by atoms with Crippen LogP contribution in [0.4, 0.5) is 4.39 Å². The van der Waals surface area contributed by atoms with Crippen molar-refractivity contribution >= 4 is 5.57 Å². The van der Waals surface area contributed by atoms with Gasteiger partial charge < -0.3 is 0 Å². The lowest BCUT2D eigenvalue weighted by atomic mass is 10.1. The molecule has 0 saturated heterocycles. The molecule has 2 nitrogen and oxygen atoms in total. The van der Waals surface area contributed by atoms with Gasteiger partial charge in [0.2, 0.25) is 5.95 Å². The van der Waals surface area contributed by atoms with E-state index in [1.165, 1.54) is 12.3 Å². The number of rotatable bonds is 3. The van der Waals surface area contributed by atoms with Crippen LogP contribution in [-0.4, -0.2) is 4.98 Å². The smallest absolute Gasteiger partial charge is 0.213 e. The van der Waals surface area contributed by atoms with Gasteiger partial charge in [0.15, 0.2) is 0 Å². The molecule has 0 aliphatic rings. The molecular formula is C10H9FN2. The van der Waals surface area contributed by atoms with Gasteiger partial charge in [0, 0.05) is 18.7 Å². The molecule has 0 aliphatic carbocycles. The van der Waals surface area contributed by atoms with Crippen molar-refractivity contribution < 1.29 is 4.39 Å². The van der Waals surface area contributed by atoms with Crippen molar-refractivity contribution in [2.75, 3.05) is 0 Å². The van der Waals surface area contributed by atoms with Gasteiger partial charge >= 0.3 is 0 Å². The number of hydrogen-bond acceptors (Lipinski definition) is 2. The highest BCUT2D eigenvalue weighted by Gasteiger charge is 2.00. The number of pyridine rings is 1. The first-order valence-corrected chi connectivity index (χ1v) is 3.90. The van der Waals surface area contributed by atoms with E-state index in [2.05, 4.69) is 11.6 Å². The zero-order valence-electron chi connectivity index (χ0n) is 7.13. The molecular weight excluding hydrogens is 167 g/mol. The van der Waals surface area contributed by atoms with Crippen LogP contribution in [0.25, 0.3) is 5.57 Å². The summed E-state index contributed by atoms with van der Waals surface area (Å²) in [6.07, 6.45) is 2.37. The molecule has 3 heteroatoms. The summed E-state index contributed by atoms with van der Waals surface area (Å²) in [7, 11) is 0. The standard InChI is InChI=1S/C10H9FN2/c1-8(3-2-5-12)9-4-6-13-10(11)7-9/h4,6-7H,1-3H2. The molecule has 0 bridgehead atoms. The van der Waals surface area contributed by atoms with Gasteiger partial charge in [0.25, 0.3) is 0 Å². The zero-order chi connectivity index (χ0) is 9.68. The maximum atomic E-state index is 12.6. The van der Waals surface area contributed by atoms with Crippen molar-refractivity contribution in [2.45, 2.75) is 12.8 Å². The van der Waals surface area contributed by atoms with E-state index in [-0.39, 0.29) is 0 Å². The van der Waals surface area contributed by atoms with E-state index in [9.17, 15) is 4.39 Å². The van der Waals surface area contributed by atoms with E-state index in [4.69, 9.17) is 5.26 Å². The molecule has 0 fully saturated rings. The average molecular weight is 176 g/mol. The molecule has 1 aromatic rings. The minimum Gasteiger partial charge on any atom is -0.228 e. The van der Waals surface area contributed by atoms with Gasteiger partial charge in [-0.25, -0.2) is 4.98 Å². The molecule has 13 heavy (non-hydrogen) atoms. The van der Waals surface area contributed by atoms with Crippen molar-refractivity contribution in [2.24, 2.45) is 0 Å². The highest BCUT2D eigenvalue weighted by Crippen LogP contribution is 2.16. The Hall–Kier alpha value is -1.69. The lowest BCUT2D eigenvalue weighted by Gasteiger charge is -2.01. The van der Waals surface area contributed by atoms with Crippen molar-refractivity contribution in [1.82, 2.24) is 4.98 Å². The summed E-state index contributed by atoms with van der Waals surface area (Å²) in [6.45, 7) is 3.76. The third-order valence-corrected chi connectivity index (χ3v) is 1.67. The fourth-order valence-electron chi connectivity index (χ4n) is 0.974. The number of hydrogen-bond donors (Lipinski definition) is 0. The van der Waals surface area contributed by atoms with E-state index in [0.29, 0.717) is 18.4 Å². The Balaban J connectivity index is 2.72. The van der Waals surface area contributed by atoms with E-state index in [0.717, 1.165) is 5.57 Å². The van der Waals surface area contributed by atoms with Gasteiger partial charge in [-0.05, 0) is 23.6 Å². The third-order valence-electron chi connectivity index (χ3n) is 1.67. The van der Waals surface area contributed by atoms with Crippen LogP contribution in [0.5, 0.6) is 0 Å². The fourth-order valence-corrected chi connectivity index (χ4v) is 0.974. The topological polar surface area (TPSA) is 36.7 Å². The number of allylic oxidation sites excluding steroid dienone is 1. The summed E-state index contributed by atoms with van der Waals surface area (Å²) in [6, 6.07) is 5.02. The molecule has 0 spiro atoms. The van der Waals surface area contributed by atoms with Crippen LogP contribution in [0.2, 0.25) is 0 Å². The number of aromatic nitrogens is 1. The number of nitriles is 1. The quantitative estimate of drug-likeness (QED) is 0.663. The van der Waals surface area contributed by atoms with Crippen LogP contribution >= 0.6 is 0 Å². The van der Waals surface area contributed by atoms with Gasteiger partial charge in [-0.15, -0.1) is 0 Å². The summed E-state index contributed by atoms with van der Waals surface area (Å²) < 4.78 is 12.6. The first-order valence-electron chi connectivity index (χ1n) is 3.90. The average Bonchev–Trinajstić information content (AvgIpc) is 2.14. The SMILES string of the molecule is C=C(CCC#N)c1ccnc(F)c1. The largest absolute Gasteiger partial charge is 0.228 e. The minimum atomic E-state index is -0.518. The Morgan fingerprint density at radius 1 is 1.69 bits per heavy atom. The van der Waals surface area contributed by atoms with Crippen LogP contribution in [0.15, 0.2) is 24.9 Å². The predicted octanol–water partition coefficient (Wildman–Crippen LogP) is 2.54. The first-order chi connectivity index (χ1) is 6.24. The molecule has 0 N–H and O–H groups in total. The predicted molar refractivity (Wildman–Crippen MR) is 48.1 cm³/mol. The van der Waals surface area contributed by atoms with E-state index < -0.39 is 5.95 Å². The second kappa shape index (κ2) is 4.36. The van der Waals surface area contributed by atoms with Crippen LogP contribution in [0, 0.1) is 17.3 Å². The maximum absolute atomic E-state index is 12.6. The van der Waals surface area contributed by atoms with Gasteiger partial charge in [0.1, 0.15) is 0 Å². The van der Waals surface area contributed by atoms with E-state index in [1.54, 1.807) is 6.07 Å². The fraction of sp³-hybridized carbons (Fsp3) is 0.200. The van der Waals surface area contributed by atoms with E-state index >= 15 is 0 Å². The molecule has 1 heterocycles. The van der Waals surface area contributed by atoms with Crippen LogP contribution in [0.1, 0.15) is 18.4 Å². The van der Waals surface area contributed by atoms with Gasteiger partial charge in [0.05, 0.1) is 6.07 Å². The normalized spacial score (nSPS) is 9.23. The Kier molecular flexibility index (Phi) is 3.15. The lowest BCUT2D eigenvalue weighted by Crippen LogP contribution is -1.87. The first kappa shape index (κ1) is 9.40. The highest BCUT2D eigenvalue weighted by atomic mass is 19.1. The summed E-state index contributed by atoms with van der Waals surface area (Å²) in [5, 5.41) is 8.34. The van der Waals surface area contributed by atoms with Crippen LogP contribution < -0.4 is 0 Å². The van der Waals surface area contributed by atoms with Crippen molar-refractivity contribution in [3.05, 3.63) is 36.4 Å². The second-order valence-corrected chi connectivity index (χ2v) is 2.63. The van der Waals surface area contributed by atoms with Gasteiger partial charge in [-0.1, -0.05) is 6.58 Å². The summed E-state index contributed by atoms with van der Waals surface area (Å²) in [4.78, 5) is 3.43. The summed E-state index contributed by atoms with van der Waals surface area (Å²) in [5.74, 6) is -0.518. The molecule has 66 valence electrons. The summed E-state index contributed by atoms with van der Waals surface area (Å²) in [5.41, 5.74) is 1.48. The molecule has 1 aromatic heterocycles. The Morgan fingerprint density at radius 2 is 2.46 bits per heavy atom. The van der Waals surface area contributed by atoms with Crippen LogP contribution in [0.3, 0.4) is 0 Å². The Labute approximate surface area is 76.3 Å². The monoisotopic (exact) mass is 176 g/mol. The molecule has 0 amide bonds. The lowest BCUT2D eigenvalue weighted by molar-refractivity contribution is 0.583. The Morgan fingerprint density at radius 3 is 3.08 bits per heavy atom. The van der Waals surface area contributed by atoms with Gasteiger partial charge in [-0.2, -0.15) is 9.65 Å². The molecule has 0 unspecified atom stereocenters. The molecule has 0 atom stereocenters. The van der Waals surface area contributed by atoms with Crippen LogP contribution in [-0.2, 0) is 0 Å².